The van der Waals surface area contributed by atoms with Gasteiger partial charge in [0.1, 0.15) is 6.09 Å². The second-order valence-corrected chi connectivity index (χ2v) is 7.87. The van der Waals surface area contributed by atoms with E-state index >= 15 is 0 Å². The lowest BCUT2D eigenvalue weighted by atomic mass is 9.86. The minimum Gasteiger partial charge on any atom is -0.530 e. The van der Waals surface area contributed by atoms with Gasteiger partial charge in [-0.25, -0.2) is 0 Å². The molecule has 3 rings (SSSR count). The van der Waals surface area contributed by atoms with Gasteiger partial charge in [0.05, 0.1) is 6.04 Å². The van der Waals surface area contributed by atoms with Gasteiger partial charge in [0.25, 0.3) is 0 Å². The molecule has 7 heteroatoms. The van der Waals surface area contributed by atoms with Crippen LogP contribution in [-0.4, -0.2) is 17.2 Å². The van der Waals surface area contributed by atoms with E-state index < -0.39 is 23.9 Å². The summed E-state index contributed by atoms with van der Waals surface area (Å²) in [5.74, 6) is 0. The Morgan fingerprint density at radius 3 is 2.17 bits per heavy atom. The van der Waals surface area contributed by atoms with Gasteiger partial charge in [-0.2, -0.15) is 13.2 Å². The molecule has 0 aliphatic heterocycles. The minimum absolute atomic E-state index is 0.190. The Hall–Kier alpha value is -2.54. The van der Waals surface area contributed by atoms with Crippen LogP contribution in [-0.2, 0) is 5.54 Å². The third-order valence-electron chi connectivity index (χ3n) is 5.30. The highest BCUT2D eigenvalue weighted by Crippen LogP contribution is 2.47. The van der Waals surface area contributed by atoms with Crippen LogP contribution in [0.15, 0.2) is 71.2 Å². The number of carbonyl (C=O) groups excluding carboxylic acids is 1. The third-order valence-corrected chi connectivity index (χ3v) is 5.83. The monoisotopic (exact) mass is 464 g/mol. The van der Waals surface area contributed by atoms with Crippen molar-refractivity contribution >= 4 is 32.8 Å². The van der Waals surface area contributed by atoms with Gasteiger partial charge in [-0.1, -0.05) is 70.5 Å². The maximum Gasteiger partial charge on any atom is 0.415 e. The summed E-state index contributed by atoms with van der Waals surface area (Å²) in [6.07, 6.45) is -6.77. The van der Waals surface area contributed by atoms with E-state index in [0.29, 0.717) is 20.3 Å². The predicted molar refractivity (Wildman–Crippen MR) is 107 cm³/mol. The SMILES string of the molecule is C[C@@H](c1cccc2ccccc12)N(C(=O)[O-])[C@@](C)(c1ccc(Br)cc1)C(F)(F)F. The van der Waals surface area contributed by atoms with Crippen LogP contribution in [0.1, 0.15) is 31.0 Å². The summed E-state index contributed by atoms with van der Waals surface area (Å²) in [7, 11) is 0. The van der Waals surface area contributed by atoms with Crippen molar-refractivity contribution in [3.8, 4) is 0 Å². The van der Waals surface area contributed by atoms with E-state index in [9.17, 15) is 23.1 Å². The van der Waals surface area contributed by atoms with Crippen molar-refractivity contribution in [1.29, 1.82) is 0 Å². The maximum atomic E-state index is 14.3. The lowest BCUT2D eigenvalue weighted by Gasteiger charge is -2.47. The Kier molecular flexibility index (Phi) is 5.63. The van der Waals surface area contributed by atoms with Crippen LogP contribution >= 0.6 is 15.9 Å². The van der Waals surface area contributed by atoms with Crippen LogP contribution in [0.25, 0.3) is 10.8 Å². The Labute approximate surface area is 174 Å². The molecule has 0 N–H and O–H groups in total. The molecule has 0 unspecified atom stereocenters. The fourth-order valence-corrected chi connectivity index (χ4v) is 3.96. The fraction of sp³-hybridized carbons (Fsp3) is 0.227. The van der Waals surface area contributed by atoms with Gasteiger partial charge < -0.3 is 14.8 Å². The number of hydrogen-bond donors (Lipinski definition) is 0. The molecule has 3 aromatic carbocycles. The van der Waals surface area contributed by atoms with Crippen molar-refractivity contribution < 1.29 is 23.1 Å². The Bertz CT molecular complexity index is 1030. The number of benzene rings is 3. The maximum absolute atomic E-state index is 14.3. The molecule has 0 saturated carbocycles. The summed E-state index contributed by atoms with van der Waals surface area (Å²) in [5.41, 5.74) is -2.52. The normalized spacial score (nSPS) is 15.0. The van der Waals surface area contributed by atoms with Crippen molar-refractivity contribution in [1.82, 2.24) is 4.90 Å². The molecule has 0 heterocycles. The predicted octanol–water partition coefficient (Wildman–Crippen LogP) is 5.79. The highest BCUT2D eigenvalue weighted by molar-refractivity contribution is 9.10. The molecular weight excluding hydrogens is 447 g/mol. The van der Waals surface area contributed by atoms with Crippen LogP contribution in [0.3, 0.4) is 0 Å². The van der Waals surface area contributed by atoms with Gasteiger partial charge in [-0.15, -0.1) is 0 Å². The Balaban J connectivity index is 2.22. The van der Waals surface area contributed by atoms with Crippen LogP contribution < -0.4 is 5.11 Å². The number of nitrogens with zero attached hydrogens (tertiary/aromatic N) is 1. The number of alkyl halides is 3. The highest BCUT2D eigenvalue weighted by atomic mass is 79.9. The molecule has 152 valence electrons. The second kappa shape index (κ2) is 7.71. The zero-order chi connectivity index (χ0) is 21.4. The fourth-order valence-electron chi connectivity index (χ4n) is 3.70. The topological polar surface area (TPSA) is 43.4 Å². The average Bonchev–Trinajstić information content (AvgIpc) is 2.66. The third kappa shape index (κ3) is 3.71. The van der Waals surface area contributed by atoms with Gasteiger partial charge in [-0.05, 0) is 47.9 Å². The molecule has 0 radical (unpaired) electrons. The van der Waals surface area contributed by atoms with Crippen molar-refractivity contribution in [3.63, 3.8) is 0 Å². The zero-order valence-corrected chi connectivity index (χ0v) is 17.3. The van der Waals surface area contributed by atoms with Crippen LogP contribution in [0.4, 0.5) is 18.0 Å². The number of carboxylic acid groups (broad SMARTS) is 1. The van der Waals surface area contributed by atoms with Gasteiger partial charge in [0, 0.05) is 4.47 Å². The molecule has 0 spiro atoms. The average molecular weight is 465 g/mol. The molecule has 0 aromatic heterocycles. The first-order valence-electron chi connectivity index (χ1n) is 8.88. The first-order chi connectivity index (χ1) is 13.6. The Morgan fingerprint density at radius 1 is 1.00 bits per heavy atom. The number of carbonyl (C=O) groups is 1. The van der Waals surface area contributed by atoms with Gasteiger partial charge in [-0.3, -0.25) is 0 Å². The molecule has 1 amide bonds. The van der Waals surface area contributed by atoms with Crippen LogP contribution in [0, 0.1) is 0 Å². The van der Waals surface area contributed by atoms with Gasteiger partial charge in [0.2, 0.25) is 0 Å². The molecule has 0 aliphatic rings. The van der Waals surface area contributed by atoms with E-state index in [1.165, 1.54) is 31.2 Å². The summed E-state index contributed by atoms with van der Waals surface area (Å²) < 4.78 is 43.6. The number of rotatable bonds is 4. The van der Waals surface area contributed by atoms with E-state index in [1.54, 1.807) is 24.3 Å². The molecular formula is C22H18BrF3NO2-. The number of hydrogen-bond acceptors (Lipinski definition) is 2. The number of halogens is 4. The van der Waals surface area contributed by atoms with Crippen molar-refractivity contribution in [3.05, 3.63) is 82.3 Å². The molecule has 0 fully saturated rings. The number of amides is 1. The second-order valence-electron chi connectivity index (χ2n) is 6.96. The minimum atomic E-state index is -4.88. The van der Waals surface area contributed by atoms with Gasteiger partial charge in [0.15, 0.2) is 5.54 Å². The van der Waals surface area contributed by atoms with Crippen molar-refractivity contribution in [2.45, 2.75) is 31.6 Å². The summed E-state index contributed by atoms with van der Waals surface area (Å²) >= 11 is 3.20. The van der Waals surface area contributed by atoms with Crippen molar-refractivity contribution in [2.75, 3.05) is 0 Å². The standard InChI is InChI=1S/C22H19BrF3NO2/c1-14(18-9-5-7-15-6-3-4-8-19(15)18)27(20(28)29)21(2,22(24,25)26)16-10-12-17(23)13-11-16/h3-14H,1-2H3,(H,28,29)/p-1/t14-,21-/m0/s1. The largest absolute Gasteiger partial charge is 0.530 e. The smallest absolute Gasteiger partial charge is 0.415 e. The van der Waals surface area contributed by atoms with Crippen LogP contribution in [0.5, 0.6) is 0 Å². The molecule has 0 bridgehead atoms. The molecule has 2 atom stereocenters. The summed E-state index contributed by atoms with van der Waals surface area (Å²) in [6, 6.07) is 16.7. The summed E-state index contributed by atoms with van der Waals surface area (Å²) in [4.78, 5) is 12.5. The first-order valence-corrected chi connectivity index (χ1v) is 9.67. The van der Waals surface area contributed by atoms with E-state index in [-0.39, 0.29) is 5.56 Å². The first kappa shape index (κ1) is 21.2. The molecule has 3 nitrogen and oxygen atoms in total. The van der Waals surface area contributed by atoms with E-state index in [2.05, 4.69) is 15.9 Å². The van der Waals surface area contributed by atoms with E-state index in [1.807, 2.05) is 18.2 Å². The zero-order valence-electron chi connectivity index (χ0n) is 15.7. The van der Waals surface area contributed by atoms with Crippen LogP contribution in [0.2, 0.25) is 0 Å². The highest BCUT2D eigenvalue weighted by Gasteiger charge is 2.57. The Morgan fingerprint density at radius 2 is 1.59 bits per heavy atom. The molecule has 0 saturated heterocycles. The van der Waals surface area contributed by atoms with E-state index in [0.717, 1.165) is 12.3 Å². The molecule has 3 aromatic rings. The lowest BCUT2D eigenvalue weighted by Crippen LogP contribution is -2.60. The molecule has 29 heavy (non-hydrogen) atoms. The summed E-state index contributed by atoms with van der Waals surface area (Å²) in [6.45, 7) is 2.31. The lowest BCUT2D eigenvalue weighted by molar-refractivity contribution is -0.300. The summed E-state index contributed by atoms with van der Waals surface area (Å²) in [5, 5.41) is 13.6. The van der Waals surface area contributed by atoms with Crippen molar-refractivity contribution in [2.24, 2.45) is 0 Å². The van der Waals surface area contributed by atoms with E-state index in [4.69, 9.17) is 0 Å². The quantitative estimate of drug-likeness (QED) is 0.490. The molecule has 0 aliphatic carbocycles. The van der Waals surface area contributed by atoms with Gasteiger partial charge >= 0.3 is 6.18 Å². The number of fused-ring (bicyclic) bond motifs is 1.